The molecule has 0 bridgehead atoms. The summed E-state index contributed by atoms with van der Waals surface area (Å²) in [5.74, 6) is 0.0542. The molecule has 16 heavy (non-hydrogen) atoms. The summed E-state index contributed by atoms with van der Waals surface area (Å²) in [6, 6.07) is 7.30. The predicted octanol–water partition coefficient (Wildman–Crippen LogP) is 1.80. The fourth-order valence-corrected chi connectivity index (χ4v) is 1.91. The Kier molecular flexibility index (Phi) is 3.17. The fourth-order valence-electron chi connectivity index (χ4n) is 1.53. The number of hydrogen-bond donors (Lipinski definition) is 1. The summed E-state index contributed by atoms with van der Waals surface area (Å²) in [7, 11) is 0. The first-order valence-electron chi connectivity index (χ1n) is 4.87. The molecule has 2 heterocycles. The third-order valence-electron chi connectivity index (χ3n) is 2.47. The molecule has 84 valence electrons. The molecule has 4 nitrogen and oxygen atoms in total. The summed E-state index contributed by atoms with van der Waals surface area (Å²) < 4.78 is 21.5. The van der Waals surface area contributed by atoms with Crippen LogP contribution in [0.3, 0.4) is 0 Å². The molecule has 0 aliphatic rings. The van der Waals surface area contributed by atoms with Crippen LogP contribution in [0.5, 0.6) is 0 Å². The van der Waals surface area contributed by atoms with Crippen LogP contribution < -0.4 is 0 Å². The second-order valence-electron chi connectivity index (χ2n) is 3.50. The van der Waals surface area contributed by atoms with Gasteiger partial charge in [-0.05, 0) is 29.3 Å². The van der Waals surface area contributed by atoms with Gasteiger partial charge < -0.3 is 9.54 Å². The van der Waals surface area contributed by atoms with Crippen molar-refractivity contribution in [2.45, 2.75) is 17.7 Å². The minimum absolute atomic E-state index is 0.0542. The van der Waals surface area contributed by atoms with Crippen LogP contribution >= 0.6 is 0 Å². The van der Waals surface area contributed by atoms with Gasteiger partial charge in [0.25, 0.3) is 0 Å². The van der Waals surface area contributed by atoms with Crippen LogP contribution in [-0.2, 0) is 11.1 Å². The first kappa shape index (κ1) is 11.0. The van der Waals surface area contributed by atoms with Crippen LogP contribution in [0.25, 0.3) is 0 Å². The summed E-state index contributed by atoms with van der Waals surface area (Å²) in [6.45, 7) is 1.98. The van der Waals surface area contributed by atoms with Crippen molar-refractivity contribution in [3.63, 3.8) is 0 Å². The van der Waals surface area contributed by atoms with E-state index in [1.54, 1.807) is 12.3 Å². The van der Waals surface area contributed by atoms with E-state index in [1.807, 2.05) is 25.1 Å². The normalized spacial score (nSPS) is 14.6. The van der Waals surface area contributed by atoms with Crippen LogP contribution in [0, 0.1) is 0 Å². The van der Waals surface area contributed by atoms with Gasteiger partial charge in [0.2, 0.25) is 0 Å². The molecule has 0 aliphatic carbocycles. The van der Waals surface area contributed by atoms with E-state index in [4.69, 9.17) is 0 Å². The Morgan fingerprint density at radius 2 is 2.31 bits per heavy atom. The second kappa shape index (κ2) is 4.59. The highest BCUT2D eigenvalue weighted by Gasteiger charge is 2.11. The molecule has 0 amide bonds. The number of rotatable bonds is 3. The number of nitrogens with one attached hydrogen (secondary N) is 1. The van der Waals surface area contributed by atoms with E-state index in [1.165, 1.54) is 6.20 Å². The molecule has 2 aromatic heterocycles. The highest BCUT2D eigenvalue weighted by Crippen LogP contribution is 2.22. The maximum Gasteiger partial charge on any atom is 0.0490 e. The smallest absolute Gasteiger partial charge is 0.0490 e. The minimum atomic E-state index is -2.18. The van der Waals surface area contributed by atoms with Crippen molar-refractivity contribution in [3.8, 4) is 0 Å². The average molecular weight is 235 g/mol. The van der Waals surface area contributed by atoms with Gasteiger partial charge in [0, 0.05) is 34.6 Å². The zero-order valence-corrected chi connectivity index (χ0v) is 9.53. The molecular weight excluding hydrogens is 224 g/mol. The Labute approximate surface area is 96.0 Å². The number of aromatic nitrogens is 2. The monoisotopic (exact) mass is 235 g/mol. The topological polar surface area (TPSA) is 68.8 Å². The van der Waals surface area contributed by atoms with E-state index in [0.29, 0.717) is 0 Å². The van der Waals surface area contributed by atoms with Crippen LogP contribution in [0.4, 0.5) is 0 Å². The zero-order chi connectivity index (χ0) is 11.5. The quantitative estimate of drug-likeness (QED) is 0.825. The van der Waals surface area contributed by atoms with Gasteiger partial charge in [0.1, 0.15) is 0 Å². The van der Waals surface area contributed by atoms with Crippen molar-refractivity contribution in [1.29, 1.82) is 0 Å². The molecule has 0 aromatic carbocycles. The molecule has 2 aromatic rings. The molecular formula is C11H11N2O2S-. The second-order valence-corrected chi connectivity index (χ2v) is 4.44. The SMILES string of the molecule is CC(c1ccccn1)c1cc(S(=O)[O-])c[nH]1. The van der Waals surface area contributed by atoms with Crippen LogP contribution in [0.2, 0.25) is 0 Å². The van der Waals surface area contributed by atoms with E-state index in [2.05, 4.69) is 9.97 Å². The molecule has 1 N–H and O–H groups in total. The largest absolute Gasteiger partial charge is 0.768 e. The zero-order valence-electron chi connectivity index (χ0n) is 8.71. The Morgan fingerprint density at radius 3 is 2.88 bits per heavy atom. The van der Waals surface area contributed by atoms with Crippen molar-refractivity contribution in [3.05, 3.63) is 48.0 Å². The molecule has 0 aliphatic heterocycles. The van der Waals surface area contributed by atoms with E-state index < -0.39 is 11.1 Å². The number of H-pyrrole nitrogens is 1. The van der Waals surface area contributed by atoms with Gasteiger partial charge in [-0.25, -0.2) is 0 Å². The van der Waals surface area contributed by atoms with E-state index in [-0.39, 0.29) is 10.8 Å². The van der Waals surface area contributed by atoms with Gasteiger partial charge in [0.15, 0.2) is 0 Å². The summed E-state index contributed by atoms with van der Waals surface area (Å²) in [5, 5.41) is 0. The molecule has 0 fully saturated rings. The van der Waals surface area contributed by atoms with Crippen LogP contribution in [0.1, 0.15) is 24.2 Å². The van der Waals surface area contributed by atoms with Crippen molar-refractivity contribution in [2.75, 3.05) is 0 Å². The van der Waals surface area contributed by atoms with Crippen molar-refractivity contribution >= 4 is 11.1 Å². The molecule has 0 radical (unpaired) electrons. The number of pyridine rings is 1. The average Bonchev–Trinajstić information content (AvgIpc) is 2.78. The number of hydrogen-bond acceptors (Lipinski definition) is 3. The first-order valence-corrected chi connectivity index (χ1v) is 5.94. The lowest BCUT2D eigenvalue weighted by Crippen LogP contribution is -1.98. The summed E-state index contributed by atoms with van der Waals surface area (Å²) >= 11 is -2.18. The Bertz CT molecular complexity index is 496. The molecule has 2 atom stereocenters. The Morgan fingerprint density at radius 1 is 1.50 bits per heavy atom. The predicted molar refractivity (Wildman–Crippen MR) is 59.7 cm³/mol. The van der Waals surface area contributed by atoms with Gasteiger partial charge in [-0.2, -0.15) is 0 Å². The highest BCUT2D eigenvalue weighted by molar-refractivity contribution is 7.79. The molecule has 0 saturated heterocycles. The van der Waals surface area contributed by atoms with Crippen molar-refractivity contribution in [1.82, 2.24) is 9.97 Å². The number of aromatic amines is 1. The minimum Gasteiger partial charge on any atom is -0.768 e. The fraction of sp³-hybridized carbons (Fsp3) is 0.182. The van der Waals surface area contributed by atoms with Gasteiger partial charge in [-0.3, -0.25) is 9.19 Å². The van der Waals surface area contributed by atoms with E-state index in [9.17, 15) is 8.76 Å². The van der Waals surface area contributed by atoms with E-state index in [0.717, 1.165) is 11.4 Å². The standard InChI is InChI=1S/C11H12N2O2S/c1-8(10-4-2-3-5-12-10)11-6-9(7-13-11)16(14)15/h2-8,13H,1H3,(H,14,15)/p-1. The summed E-state index contributed by atoms with van der Waals surface area (Å²) in [4.78, 5) is 7.46. The lowest BCUT2D eigenvalue weighted by Gasteiger charge is -2.08. The van der Waals surface area contributed by atoms with Gasteiger partial charge in [-0.1, -0.05) is 13.0 Å². The molecule has 0 saturated carbocycles. The maximum atomic E-state index is 10.7. The maximum absolute atomic E-state index is 10.7. The summed E-state index contributed by atoms with van der Waals surface area (Å²) in [6.07, 6.45) is 3.21. The van der Waals surface area contributed by atoms with E-state index >= 15 is 0 Å². The van der Waals surface area contributed by atoms with Gasteiger partial charge in [0.05, 0.1) is 0 Å². The first-order chi connectivity index (χ1) is 7.68. The summed E-state index contributed by atoms with van der Waals surface area (Å²) in [5.41, 5.74) is 1.76. The third kappa shape index (κ3) is 2.20. The van der Waals surface area contributed by atoms with Crippen molar-refractivity contribution in [2.24, 2.45) is 0 Å². The lowest BCUT2D eigenvalue weighted by molar-refractivity contribution is 0.537. The molecule has 0 spiro atoms. The molecule has 2 unspecified atom stereocenters. The van der Waals surface area contributed by atoms with Crippen LogP contribution in [0.15, 0.2) is 41.6 Å². The third-order valence-corrected chi connectivity index (χ3v) is 3.09. The van der Waals surface area contributed by atoms with Gasteiger partial charge in [-0.15, -0.1) is 0 Å². The Hall–Kier alpha value is -1.46. The van der Waals surface area contributed by atoms with Crippen molar-refractivity contribution < 1.29 is 8.76 Å². The molecule has 5 heteroatoms. The number of nitrogens with zero attached hydrogens (tertiary/aromatic N) is 1. The molecule has 2 rings (SSSR count). The van der Waals surface area contributed by atoms with Crippen LogP contribution in [-0.4, -0.2) is 18.7 Å². The van der Waals surface area contributed by atoms with Gasteiger partial charge >= 0.3 is 0 Å². The lowest BCUT2D eigenvalue weighted by atomic mass is 10.0. The highest BCUT2D eigenvalue weighted by atomic mass is 32.2. The Balaban J connectivity index is 2.27.